The number of aliphatic hydroxyl groups is 1. The molecule has 0 bridgehead atoms. The first-order valence-corrected chi connectivity index (χ1v) is 8.02. The maximum absolute atomic E-state index is 12.2. The number of amides is 1. The van der Waals surface area contributed by atoms with Crippen molar-refractivity contribution in [3.05, 3.63) is 17.0 Å². The third-order valence-corrected chi connectivity index (χ3v) is 4.10. The Morgan fingerprint density at radius 3 is 2.65 bits per heavy atom. The molecule has 0 unspecified atom stereocenters. The molecule has 0 radical (unpaired) electrons. The first-order chi connectivity index (χ1) is 9.47. The summed E-state index contributed by atoms with van der Waals surface area (Å²) in [5.74, 6) is 2.11. The zero-order valence-corrected chi connectivity index (χ0v) is 13.5. The molecule has 0 aliphatic rings. The molecular formula is C14H24N2O3S. The highest BCUT2D eigenvalue weighted by molar-refractivity contribution is 7.99. The number of hydrogen-bond acceptors (Lipinski definition) is 5. The normalized spacial score (nSPS) is 11.1. The van der Waals surface area contributed by atoms with Crippen LogP contribution in [-0.2, 0) is 10.5 Å². The van der Waals surface area contributed by atoms with Crippen molar-refractivity contribution >= 4 is 17.7 Å². The van der Waals surface area contributed by atoms with Crippen LogP contribution in [0.1, 0.15) is 37.3 Å². The summed E-state index contributed by atoms with van der Waals surface area (Å²) >= 11 is 1.57. The smallest absolute Gasteiger partial charge is 0.232 e. The van der Waals surface area contributed by atoms with Crippen LogP contribution in [0.25, 0.3) is 0 Å². The lowest BCUT2D eigenvalue weighted by Crippen LogP contribution is -2.39. The molecule has 0 saturated heterocycles. The SMILES string of the molecule is Cc1noc(C)c1CSCC(=O)N(CCCO)C(C)C. The highest BCUT2D eigenvalue weighted by atomic mass is 32.2. The van der Waals surface area contributed by atoms with Crippen LogP contribution < -0.4 is 0 Å². The molecule has 1 heterocycles. The first-order valence-electron chi connectivity index (χ1n) is 6.87. The van der Waals surface area contributed by atoms with Gasteiger partial charge in [0.1, 0.15) is 5.76 Å². The zero-order valence-electron chi connectivity index (χ0n) is 12.7. The van der Waals surface area contributed by atoms with Crippen LogP contribution >= 0.6 is 11.8 Å². The van der Waals surface area contributed by atoms with E-state index in [0.29, 0.717) is 18.7 Å². The summed E-state index contributed by atoms with van der Waals surface area (Å²) in [5, 5.41) is 12.8. The number of rotatable bonds is 8. The summed E-state index contributed by atoms with van der Waals surface area (Å²) in [6.07, 6.45) is 0.623. The van der Waals surface area contributed by atoms with Gasteiger partial charge in [0, 0.05) is 30.5 Å². The first kappa shape index (κ1) is 17.0. The zero-order chi connectivity index (χ0) is 15.1. The van der Waals surface area contributed by atoms with Crippen molar-refractivity contribution in [2.75, 3.05) is 18.9 Å². The second-order valence-electron chi connectivity index (χ2n) is 5.05. The van der Waals surface area contributed by atoms with Gasteiger partial charge in [-0.05, 0) is 34.1 Å². The number of carbonyl (C=O) groups is 1. The molecule has 1 amide bonds. The molecule has 114 valence electrons. The number of hydrogen-bond donors (Lipinski definition) is 1. The third-order valence-electron chi connectivity index (χ3n) is 3.15. The molecule has 0 fully saturated rings. The molecule has 6 heteroatoms. The molecule has 0 aliphatic carbocycles. The standard InChI is InChI=1S/C14H24N2O3S/c1-10(2)16(6-5-7-17)14(18)9-20-8-13-11(3)15-19-12(13)4/h10,17H,5-9H2,1-4H3. The minimum Gasteiger partial charge on any atom is -0.396 e. The van der Waals surface area contributed by atoms with E-state index < -0.39 is 0 Å². The Hall–Kier alpha value is -1.01. The molecule has 1 aromatic heterocycles. The van der Waals surface area contributed by atoms with E-state index >= 15 is 0 Å². The fraction of sp³-hybridized carbons (Fsp3) is 0.714. The van der Waals surface area contributed by atoms with Crippen LogP contribution in [-0.4, -0.2) is 46.0 Å². The number of aliphatic hydroxyl groups excluding tert-OH is 1. The summed E-state index contributed by atoms with van der Waals surface area (Å²) in [6.45, 7) is 8.51. The van der Waals surface area contributed by atoms with E-state index in [1.165, 1.54) is 0 Å². The lowest BCUT2D eigenvalue weighted by molar-refractivity contribution is -0.130. The van der Waals surface area contributed by atoms with Crippen LogP contribution in [0.15, 0.2) is 4.52 Å². The summed E-state index contributed by atoms with van der Waals surface area (Å²) in [7, 11) is 0. The van der Waals surface area contributed by atoms with E-state index in [1.807, 2.05) is 32.6 Å². The lowest BCUT2D eigenvalue weighted by Gasteiger charge is -2.26. The number of aromatic nitrogens is 1. The Kier molecular flexibility index (Phi) is 7.09. The van der Waals surface area contributed by atoms with Crippen molar-refractivity contribution in [2.45, 2.75) is 45.9 Å². The van der Waals surface area contributed by atoms with Gasteiger partial charge in [0.15, 0.2) is 0 Å². The van der Waals surface area contributed by atoms with Gasteiger partial charge in [-0.15, -0.1) is 11.8 Å². The van der Waals surface area contributed by atoms with Crippen molar-refractivity contribution in [1.29, 1.82) is 0 Å². The maximum atomic E-state index is 12.2. The second-order valence-corrected chi connectivity index (χ2v) is 6.04. The maximum Gasteiger partial charge on any atom is 0.232 e. The van der Waals surface area contributed by atoms with E-state index in [2.05, 4.69) is 5.16 Å². The fourth-order valence-electron chi connectivity index (χ4n) is 1.94. The average molecular weight is 300 g/mol. The summed E-state index contributed by atoms with van der Waals surface area (Å²) in [4.78, 5) is 14.0. The highest BCUT2D eigenvalue weighted by Gasteiger charge is 2.17. The van der Waals surface area contributed by atoms with Gasteiger partial charge in [-0.3, -0.25) is 4.79 Å². The number of carbonyl (C=O) groups excluding carboxylic acids is 1. The van der Waals surface area contributed by atoms with Crippen LogP contribution in [0, 0.1) is 13.8 Å². The summed E-state index contributed by atoms with van der Waals surface area (Å²) in [5.41, 5.74) is 1.97. The summed E-state index contributed by atoms with van der Waals surface area (Å²) in [6, 6.07) is 0.161. The summed E-state index contributed by atoms with van der Waals surface area (Å²) < 4.78 is 5.11. The molecule has 0 aliphatic heterocycles. The van der Waals surface area contributed by atoms with Crippen LogP contribution in [0.4, 0.5) is 0 Å². The molecule has 1 aromatic rings. The Bertz CT molecular complexity index is 413. The predicted molar refractivity (Wildman–Crippen MR) is 80.7 cm³/mol. The van der Waals surface area contributed by atoms with Gasteiger partial charge < -0.3 is 14.5 Å². The quantitative estimate of drug-likeness (QED) is 0.797. The molecule has 1 N–H and O–H groups in total. The van der Waals surface area contributed by atoms with Gasteiger partial charge in [-0.25, -0.2) is 0 Å². The van der Waals surface area contributed by atoms with E-state index in [9.17, 15) is 4.79 Å². The number of nitrogens with zero attached hydrogens (tertiary/aromatic N) is 2. The second kappa shape index (κ2) is 8.32. The van der Waals surface area contributed by atoms with Gasteiger partial charge in [0.05, 0.1) is 11.4 Å². The lowest BCUT2D eigenvalue weighted by atomic mass is 10.2. The molecule has 20 heavy (non-hydrogen) atoms. The highest BCUT2D eigenvalue weighted by Crippen LogP contribution is 2.20. The average Bonchev–Trinajstić information content (AvgIpc) is 2.70. The number of thioether (sulfide) groups is 1. The molecule has 0 atom stereocenters. The van der Waals surface area contributed by atoms with E-state index in [-0.39, 0.29) is 18.6 Å². The van der Waals surface area contributed by atoms with Crippen molar-refractivity contribution in [2.24, 2.45) is 0 Å². The topological polar surface area (TPSA) is 66.6 Å². The van der Waals surface area contributed by atoms with Crippen molar-refractivity contribution in [3.63, 3.8) is 0 Å². The fourth-order valence-corrected chi connectivity index (χ4v) is 3.00. The van der Waals surface area contributed by atoms with E-state index in [4.69, 9.17) is 9.63 Å². The van der Waals surface area contributed by atoms with Gasteiger partial charge >= 0.3 is 0 Å². The van der Waals surface area contributed by atoms with E-state index in [1.54, 1.807) is 11.8 Å². The number of aryl methyl sites for hydroxylation is 2. The molecule has 0 saturated carbocycles. The molecular weight excluding hydrogens is 276 g/mol. The molecule has 1 rings (SSSR count). The minimum absolute atomic E-state index is 0.114. The largest absolute Gasteiger partial charge is 0.396 e. The van der Waals surface area contributed by atoms with Gasteiger partial charge in [0.25, 0.3) is 0 Å². The van der Waals surface area contributed by atoms with Gasteiger partial charge in [0.2, 0.25) is 5.91 Å². The van der Waals surface area contributed by atoms with Crippen LogP contribution in [0.3, 0.4) is 0 Å². The third kappa shape index (κ3) is 4.83. The Balaban J connectivity index is 2.45. The van der Waals surface area contributed by atoms with Crippen molar-refractivity contribution < 1.29 is 14.4 Å². The Morgan fingerprint density at radius 2 is 2.15 bits per heavy atom. The van der Waals surface area contributed by atoms with Crippen LogP contribution in [0.5, 0.6) is 0 Å². The van der Waals surface area contributed by atoms with E-state index in [0.717, 1.165) is 22.8 Å². The Labute approximate surface area is 124 Å². The Morgan fingerprint density at radius 1 is 1.45 bits per heavy atom. The van der Waals surface area contributed by atoms with Crippen molar-refractivity contribution in [1.82, 2.24) is 10.1 Å². The predicted octanol–water partition coefficient (Wildman–Crippen LogP) is 2.14. The van der Waals surface area contributed by atoms with Crippen molar-refractivity contribution in [3.8, 4) is 0 Å². The monoisotopic (exact) mass is 300 g/mol. The minimum atomic E-state index is 0.114. The van der Waals surface area contributed by atoms with Crippen LogP contribution in [0.2, 0.25) is 0 Å². The molecule has 5 nitrogen and oxygen atoms in total. The molecule has 0 aromatic carbocycles. The van der Waals surface area contributed by atoms with Gasteiger partial charge in [-0.2, -0.15) is 0 Å². The van der Waals surface area contributed by atoms with Gasteiger partial charge in [-0.1, -0.05) is 5.16 Å². The molecule has 0 spiro atoms.